The molecular weight excluding hydrogens is 402 g/mol. The number of ether oxygens (including phenoxy) is 2. The third-order valence-electron chi connectivity index (χ3n) is 4.87. The third-order valence-corrected chi connectivity index (χ3v) is 5.11. The number of aromatic hydroxyl groups is 1. The van der Waals surface area contributed by atoms with Gasteiger partial charge in [-0.15, -0.1) is 0 Å². The van der Waals surface area contributed by atoms with Gasteiger partial charge in [0.2, 0.25) is 0 Å². The van der Waals surface area contributed by atoms with Gasteiger partial charge in [-0.3, -0.25) is 4.79 Å². The quantitative estimate of drug-likeness (QED) is 0.525. The van der Waals surface area contributed by atoms with Crippen molar-refractivity contribution >= 4 is 23.2 Å². The van der Waals surface area contributed by atoms with E-state index in [1.807, 2.05) is 24.3 Å². The molecule has 5 nitrogen and oxygen atoms in total. The molecule has 1 aliphatic heterocycles. The van der Waals surface area contributed by atoms with Crippen LogP contribution in [0.4, 0.5) is 5.69 Å². The minimum atomic E-state index is -0.337. The number of rotatable bonds is 5. The summed E-state index contributed by atoms with van der Waals surface area (Å²) in [6, 6.07) is 17.5. The number of hydrogen-bond acceptors (Lipinski definition) is 4. The van der Waals surface area contributed by atoms with Gasteiger partial charge >= 0.3 is 0 Å². The molecule has 30 heavy (non-hydrogen) atoms. The van der Waals surface area contributed by atoms with E-state index in [4.69, 9.17) is 21.1 Å². The lowest BCUT2D eigenvalue weighted by Crippen LogP contribution is -2.24. The van der Waals surface area contributed by atoms with Gasteiger partial charge in [-0.1, -0.05) is 35.9 Å². The molecule has 6 heteroatoms. The molecule has 0 atom stereocenters. The second-order valence-corrected chi connectivity index (χ2v) is 8.32. The number of hydrogen-bond donors (Lipinski definition) is 2. The summed E-state index contributed by atoms with van der Waals surface area (Å²) in [6.45, 7) is 4.48. The number of benzene rings is 3. The molecule has 0 radical (unpaired) electrons. The largest absolute Gasteiger partial charge is 0.506 e. The van der Waals surface area contributed by atoms with Crippen LogP contribution in [0.2, 0.25) is 5.02 Å². The maximum Gasteiger partial charge on any atom is 0.255 e. The number of anilines is 1. The van der Waals surface area contributed by atoms with Gasteiger partial charge in [-0.05, 0) is 55.8 Å². The number of carbonyl (C=O) groups is 1. The average Bonchev–Trinajstić information content (AvgIpc) is 3.04. The molecule has 0 unspecified atom stereocenters. The summed E-state index contributed by atoms with van der Waals surface area (Å²) in [5.74, 6) is 1.14. The highest BCUT2D eigenvalue weighted by atomic mass is 35.5. The molecule has 0 spiro atoms. The summed E-state index contributed by atoms with van der Waals surface area (Å²) in [5, 5.41) is 12.9. The van der Waals surface area contributed by atoms with E-state index >= 15 is 0 Å². The summed E-state index contributed by atoms with van der Waals surface area (Å²) < 4.78 is 12.0. The van der Waals surface area contributed by atoms with Gasteiger partial charge in [0.05, 0.1) is 5.69 Å². The molecule has 0 saturated carbocycles. The lowest BCUT2D eigenvalue weighted by molar-refractivity contribution is 0.102. The molecule has 0 saturated heterocycles. The van der Waals surface area contributed by atoms with Crippen LogP contribution in [0.25, 0.3) is 0 Å². The summed E-state index contributed by atoms with van der Waals surface area (Å²) in [7, 11) is 0. The fourth-order valence-corrected chi connectivity index (χ4v) is 3.59. The molecule has 3 aromatic rings. The first-order chi connectivity index (χ1) is 14.3. The van der Waals surface area contributed by atoms with Gasteiger partial charge in [0, 0.05) is 22.6 Å². The molecule has 154 valence electrons. The standard InChI is InChI=1S/C24H22ClNO4/c1-24(2)13-17-4-3-5-21(22(17)30-24)29-14-15-6-8-16(9-7-15)23(28)26-19-12-18(25)10-11-20(19)27/h3-12,27H,13-14H2,1-2H3,(H,26,28). The van der Waals surface area contributed by atoms with Crippen LogP contribution in [0.3, 0.4) is 0 Å². The first-order valence-electron chi connectivity index (χ1n) is 9.63. The zero-order valence-electron chi connectivity index (χ0n) is 16.7. The molecule has 0 bridgehead atoms. The van der Waals surface area contributed by atoms with Gasteiger partial charge in [0.15, 0.2) is 11.5 Å². The number of carbonyl (C=O) groups excluding carboxylic acids is 1. The number of fused-ring (bicyclic) bond motifs is 1. The fourth-order valence-electron chi connectivity index (χ4n) is 3.42. The highest BCUT2D eigenvalue weighted by Crippen LogP contribution is 2.42. The second-order valence-electron chi connectivity index (χ2n) is 7.88. The van der Waals surface area contributed by atoms with Crippen molar-refractivity contribution in [3.8, 4) is 17.2 Å². The van der Waals surface area contributed by atoms with E-state index < -0.39 is 0 Å². The first-order valence-corrected chi connectivity index (χ1v) is 10.0. The molecule has 4 rings (SSSR count). The van der Waals surface area contributed by atoms with Crippen molar-refractivity contribution in [1.82, 2.24) is 0 Å². The lowest BCUT2D eigenvalue weighted by atomic mass is 10.0. The van der Waals surface area contributed by atoms with Crippen molar-refractivity contribution in [3.05, 3.63) is 82.4 Å². The summed E-state index contributed by atoms with van der Waals surface area (Å²) in [4.78, 5) is 12.4. The van der Waals surface area contributed by atoms with Crippen LogP contribution in [0.1, 0.15) is 35.3 Å². The number of phenolic OH excluding ortho intramolecular Hbond substituents is 1. The maximum absolute atomic E-state index is 12.4. The summed E-state index contributed by atoms with van der Waals surface area (Å²) >= 11 is 5.92. The first kappa shape index (κ1) is 20.1. The van der Waals surface area contributed by atoms with Crippen molar-refractivity contribution in [3.63, 3.8) is 0 Å². The lowest BCUT2D eigenvalue weighted by Gasteiger charge is -2.18. The SMILES string of the molecule is CC1(C)Cc2cccc(OCc3ccc(C(=O)Nc4cc(Cl)ccc4O)cc3)c2O1. The van der Waals surface area contributed by atoms with Gasteiger partial charge in [0.1, 0.15) is 18.0 Å². The average molecular weight is 424 g/mol. The summed E-state index contributed by atoms with van der Waals surface area (Å²) in [6.07, 6.45) is 0.853. The Kier molecular flexibility index (Phi) is 5.31. The van der Waals surface area contributed by atoms with Crippen molar-refractivity contribution in [2.75, 3.05) is 5.32 Å². The maximum atomic E-state index is 12.4. The zero-order valence-corrected chi connectivity index (χ0v) is 17.5. The normalized spacial score (nSPS) is 14.0. The number of phenols is 1. The predicted octanol–water partition coefficient (Wildman–Crippen LogP) is 5.59. The van der Waals surface area contributed by atoms with Crippen LogP contribution in [-0.2, 0) is 13.0 Å². The number of para-hydroxylation sites is 1. The Bertz CT molecular complexity index is 1090. The Morgan fingerprint density at radius 3 is 2.70 bits per heavy atom. The van der Waals surface area contributed by atoms with Crippen LogP contribution < -0.4 is 14.8 Å². The van der Waals surface area contributed by atoms with Gasteiger partial charge in [0.25, 0.3) is 5.91 Å². The monoisotopic (exact) mass is 423 g/mol. The van der Waals surface area contributed by atoms with E-state index in [1.165, 1.54) is 12.1 Å². The van der Waals surface area contributed by atoms with E-state index in [-0.39, 0.29) is 22.9 Å². The second kappa shape index (κ2) is 7.92. The molecule has 3 aromatic carbocycles. The minimum Gasteiger partial charge on any atom is -0.506 e. The molecule has 0 aliphatic carbocycles. The topological polar surface area (TPSA) is 67.8 Å². The molecule has 1 heterocycles. The number of halogens is 1. The van der Waals surface area contributed by atoms with E-state index in [2.05, 4.69) is 25.2 Å². The Morgan fingerprint density at radius 1 is 1.17 bits per heavy atom. The van der Waals surface area contributed by atoms with Crippen molar-refractivity contribution in [1.29, 1.82) is 0 Å². The zero-order chi connectivity index (χ0) is 21.3. The number of amides is 1. The van der Waals surface area contributed by atoms with Crippen molar-refractivity contribution in [2.45, 2.75) is 32.5 Å². The third kappa shape index (κ3) is 4.36. The Morgan fingerprint density at radius 2 is 1.93 bits per heavy atom. The Labute approximate surface area is 180 Å². The highest BCUT2D eigenvalue weighted by Gasteiger charge is 2.32. The van der Waals surface area contributed by atoms with Crippen molar-refractivity contribution < 1.29 is 19.4 Å². The Balaban J connectivity index is 1.41. The highest BCUT2D eigenvalue weighted by molar-refractivity contribution is 6.31. The van der Waals surface area contributed by atoms with Crippen LogP contribution in [0, 0.1) is 0 Å². The van der Waals surface area contributed by atoms with Crippen LogP contribution >= 0.6 is 11.6 Å². The molecule has 1 aliphatic rings. The Hall–Kier alpha value is -3.18. The molecule has 2 N–H and O–H groups in total. The predicted molar refractivity (Wildman–Crippen MR) is 117 cm³/mol. The van der Waals surface area contributed by atoms with E-state index in [9.17, 15) is 9.90 Å². The smallest absolute Gasteiger partial charge is 0.255 e. The van der Waals surface area contributed by atoms with Gasteiger partial charge < -0.3 is 19.9 Å². The van der Waals surface area contributed by atoms with Crippen LogP contribution in [-0.4, -0.2) is 16.6 Å². The van der Waals surface area contributed by atoms with E-state index in [0.717, 1.165) is 29.0 Å². The van der Waals surface area contributed by atoms with Gasteiger partial charge in [-0.25, -0.2) is 0 Å². The minimum absolute atomic E-state index is 0.0430. The molecular formula is C24H22ClNO4. The van der Waals surface area contributed by atoms with E-state index in [0.29, 0.717) is 17.2 Å². The molecule has 0 aromatic heterocycles. The summed E-state index contributed by atoms with van der Waals surface area (Å²) in [5.41, 5.74) is 2.57. The van der Waals surface area contributed by atoms with Gasteiger partial charge in [-0.2, -0.15) is 0 Å². The van der Waals surface area contributed by atoms with Crippen molar-refractivity contribution in [2.24, 2.45) is 0 Å². The van der Waals surface area contributed by atoms with Crippen LogP contribution in [0.5, 0.6) is 17.2 Å². The molecule has 0 fully saturated rings. The number of nitrogens with one attached hydrogen (secondary N) is 1. The molecule has 1 amide bonds. The van der Waals surface area contributed by atoms with E-state index in [1.54, 1.807) is 18.2 Å². The fraction of sp³-hybridized carbons (Fsp3) is 0.208. The van der Waals surface area contributed by atoms with Crippen LogP contribution in [0.15, 0.2) is 60.7 Å².